The van der Waals surface area contributed by atoms with Crippen molar-refractivity contribution in [1.82, 2.24) is 4.98 Å². The number of nitrogens with one attached hydrogen (secondary N) is 1. The molecule has 0 radical (unpaired) electrons. The Balaban J connectivity index is 1.98. The molecule has 0 saturated heterocycles. The van der Waals surface area contributed by atoms with Gasteiger partial charge in [-0.3, -0.25) is 9.59 Å². The highest BCUT2D eigenvalue weighted by Gasteiger charge is 2.33. The number of furan rings is 1. The number of hydrogen-bond donors (Lipinski definition) is 2. The second kappa shape index (κ2) is 11.2. The zero-order chi connectivity index (χ0) is 27.8. The second-order valence-electron chi connectivity index (χ2n) is 9.13. The summed E-state index contributed by atoms with van der Waals surface area (Å²) in [6.45, 7) is 6.14. The first-order valence-electron chi connectivity index (χ1n) is 11.8. The number of aliphatic hydroxyl groups excluding tert-OH is 1. The van der Waals surface area contributed by atoms with E-state index in [-0.39, 0.29) is 29.4 Å². The van der Waals surface area contributed by atoms with E-state index in [1.165, 1.54) is 20.8 Å². The average Bonchev–Trinajstić information content (AvgIpc) is 3.19. The number of Topliss-reactive ketones (excluding diaryl/α,β-unsaturated/α-hetero) is 1. The van der Waals surface area contributed by atoms with Crippen LogP contribution in [0.15, 0.2) is 57.4 Å². The van der Waals surface area contributed by atoms with E-state index in [2.05, 4.69) is 21.2 Å². The number of pyridine rings is 1. The summed E-state index contributed by atoms with van der Waals surface area (Å²) in [5.74, 6) is -0.916. The fourth-order valence-corrected chi connectivity index (χ4v) is 4.87. The molecular weight excluding hydrogens is 595 g/mol. The van der Waals surface area contributed by atoms with Crippen molar-refractivity contribution in [3.63, 3.8) is 0 Å². The molecule has 1 unspecified atom stereocenters. The molecule has 4 rings (SSSR count). The highest BCUT2D eigenvalue weighted by molar-refractivity contribution is 9.10. The van der Waals surface area contributed by atoms with Gasteiger partial charge < -0.3 is 19.6 Å². The molecule has 0 saturated carbocycles. The van der Waals surface area contributed by atoms with Crippen molar-refractivity contribution in [1.29, 1.82) is 0 Å². The Morgan fingerprint density at radius 2 is 1.82 bits per heavy atom. The topological polar surface area (TPSA) is 102 Å². The molecule has 2 aromatic carbocycles. The van der Waals surface area contributed by atoms with Gasteiger partial charge in [-0.2, -0.15) is 0 Å². The van der Waals surface area contributed by atoms with E-state index in [0.29, 0.717) is 32.3 Å². The van der Waals surface area contributed by atoms with Gasteiger partial charge in [0.05, 0.1) is 16.1 Å². The largest absolute Gasteiger partial charge is 0.432 e. The Morgan fingerprint density at radius 1 is 1.13 bits per heavy atom. The summed E-state index contributed by atoms with van der Waals surface area (Å²) in [7, 11) is 0. The van der Waals surface area contributed by atoms with E-state index in [0.717, 1.165) is 10.0 Å². The maximum absolute atomic E-state index is 13.2. The van der Waals surface area contributed by atoms with Crippen LogP contribution < -0.4 is 5.32 Å². The SMILES string of the molecule is CCC(=O)c1oc2nc(-c3ccc(Br)cc3Cl)c(-c3ccc(Cl)cc3)cc2c1NC(=O)C(C)(C)OC(C)O. The number of ketones is 1. The summed E-state index contributed by atoms with van der Waals surface area (Å²) >= 11 is 16.2. The van der Waals surface area contributed by atoms with Crippen LogP contribution in [0.1, 0.15) is 44.7 Å². The zero-order valence-electron chi connectivity index (χ0n) is 21.1. The average molecular weight is 620 g/mol. The highest BCUT2D eigenvalue weighted by Crippen LogP contribution is 2.41. The van der Waals surface area contributed by atoms with Gasteiger partial charge in [-0.05, 0) is 56.7 Å². The first kappa shape index (κ1) is 28.3. The summed E-state index contributed by atoms with van der Waals surface area (Å²) < 4.78 is 12.1. The van der Waals surface area contributed by atoms with Gasteiger partial charge in [-0.25, -0.2) is 4.98 Å². The molecule has 0 aliphatic carbocycles. The van der Waals surface area contributed by atoms with Gasteiger partial charge in [0, 0.05) is 27.0 Å². The Morgan fingerprint density at radius 3 is 2.42 bits per heavy atom. The predicted molar refractivity (Wildman–Crippen MR) is 153 cm³/mol. The van der Waals surface area contributed by atoms with E-state index >= 15 is 0 Å². The molecule has 4 aromatic rings. The van der Waals surface area contributed by atoms with Crippen LogP contribution in [0.3, 0.4) is 0 Å². The number of rotatable bonds is 8. The van der Waals surface area contributed by atoms with E-state index < -0.39 is 17.8 Å². The first-order chi connectivity index (χ1) is 17.9. The molecule has 38 heavy (non-hydrogen) atoms. The molecule has 1 amide bonds. The molecule has 0 aliphatic rings. The summed E-state index contributed by atoms with van der Waals surface area (Å²) in [6, 6.07) is 14.4. The van der Waals surface area contributed by atoms with Crippen molar-refractivity contribution in [2.45, 2.75) is 46.0 Å². The van der Waals surface area contributed by atoms with Crippen molar-refractivity contribution < 1.29 is 23.8 Å². The lowest BCUT2D eigenvalue weighted by atomic mass is 9.98. The molecule has 7 nitrogen and oxygen atoms in total. The standard InChI is InChI=1S/C28H25BrCl2N2O5/c1-5-22(35)25-24(33-27(36)28(3,4)38-14(2)34)20-13-19(15-6-9-17(30)10-7-15)23(32-26(20)37-25)18-11-8-16(29)12-21(18)31/h6-14,34H,5H2,1-4H3,(H,33,36). The Bertz CT molecular complexity index is 1530. The summed E-state index contributed by atoms with van der Waals surface area (Å²) in [5, 5.41) is 13.9. The van der Waals surface area contributed by atoms with Crippen LogP contribution >= 0.6 is 39.1 Å². The van der Waals surface area contributed by atoms with Gasteiger partial charge in [0.15, 0.2) is 17.8 Å². The molecule has 0 bridgehead atoms. The quantitative estimate of drug-likeness (QED) is 0.154. The van der Waals surface area contributed by atoms with Crippen molar-refractivity contribution in [3.05, 3.63) is 68.8 Å². The van der Waals surface area contributed by atoms with E-state index in [1.807, 2.05) is 24.3 Å². The number of carbonyl (C=O) groups excluding carboxylic acids is 2. The number of nitrogens with zero attached hydrogens (tertiary/aromatic N) is 1. The Hall–Kier alpha value is -2.75. The molecule has 10 heteroatoms. The van der Waals surface area contributed by atoms with E-state index in [9.17, 15) is 14.7 Å². The van der Waals surface area contributed by atoms with Gasteiger partial charge >= 0.3 is 0 Å². The minimum atomic E-state index is -1.40. The maximum Gasteiger partial charge on any atom is 0.256 e. The number of ether oxygens (including phenoxy) is 1. The molecule has 198 valence electrons. The summed E-state index contributed by atoms with van der Waals surface area (Å²) in [5.41, 5.74) is 1.58. The maximum atomic E-state index is 13.2. The normalized spacial score (nSPS) is 12.5. The lowest BCUT2D eigenvalue weighted by Gasteiger charge is -2.25. The van der Waals surface area contributed by atoms with Crippen LogP contribution in [0, 0.1) is 0 Å². The smallest absolute Gasteiger partial charge is 0.256 e. The van der Waals surface area contributed by atoms with Crippen LogP contribution in [0.5, 0.6) is 0 Å². The molecule has 0 spiro atoms. The fraction of sp³-hybridized carbons (Fsp3) is 0.250. The molecular formula is C28H25BrCl2N2O5. The number of anilines is 1. The monoisotopic (exact) mass is 618 g/mol. The number of aromatic nitrogens is 1. The van der Waals surface area contributed by atoms with Crippen LogP contribution in [-0.2, 0) is 9.53 Å². The van der Waals surface area contributed by atoms with Crippen molar-refractivity contribution in [2.75, 3.05) is 5.32 Å². The first-order valence-corrected chi connectivity index (χ1v) is 13.4. The molecule has 2 N–H and O–H groups in total. The van der Waals surface area contributed by atoms with E-state index in [1.54, 1.807) is 31.2 Å². The molecule has 0 aliphatic heterocycles. The third-order valence-electron chi connectivity index (χ3n) is 5.85. The zero-order valence-corrected chi connectivity index (χ0v) is 24.2. The minimum Gasteiger partial charge on any atom is -0.432 e. The van der Waals surface area contributed by atoms with Gasteiger partial charge in [0.2, 0.25) is 5.71 Å². The van der Waals surface area contributed by atoms with Gasteiger partial charge in [-0.1, -0.05) is 64.3 Å². The number of fused-ring (bicyclic) bond motifs is 1. The number of halogens is 3. The van der Waals surface area contributed by atoms with Gasteiger partial charge in [0.25, 0.3) is 5.91 Å². The van der Waals surface area contributed by atoms with Crippen molar-refractivity contribution in [3.8, 4) is 22.4 Å². The number of benzene rings is 2. The van der Waals surface area contributed by atoms with Crippen LogP contribution in [0.25, 0.3) is 33.5 Å². The molecule has 2 aromatic heterocycles. The van der Waals surface area contributed by atoms with Crippen molar-refractivity contribution >= 4 is 67.6 Å². The number of amides is 1. The van der Waals surface area contributed by atoms with Gasteiger partial charge in [-0.15, -0.1) is 0 Å². The Kier molecular flexibility index (Phi) is 8.30. The minimum absolute atomic E-state index is 0.0303. The van der Waals surface area contributed by atoms with Crippen LogP contribution in [-0.4, -0.2) is 33.7 Å². The van der Waals surface area contributed by atoms with Gasteiger partial charge in [0.1, 0.15) is 11.3 Å². The number of aliphatic hydroxyl groups is 1. The van der Waals surface area contributed by atoms with E-state index in [4.69, 9.17) is 37.3 Å². The second-order valence-corrected chi connectivity index (χ2v) is 10.9. The molecule has 0 fully saturated rings. The number of hydrogen-bond acceptors (Lipinski definition) is 6. The lowest BCUT2D eigenvalue weighted by Crippen LogP contribution is -2.42. The summed E-state index contributed by atoms with van der Waals surface area (Å²) in [6.07, 6.45) is -1.03. The highest BCUT2D eigenvalue weighted by atomic mass is 79.9. The van der Waals surface area contributed by atoms with Crippen molar-refractivity contribution in [2.24, 2.45) is 0 Å². The predicted octanol–water partition coefficient (Wildman–Crippen LogP) is 7.90. The third-order valence-corrected chi connectivity index (χ3v) is 6.91. The lowest BCUT2D eigenvalue weighted by molar-refractivity contribution is -0.174. The Labute approximate surface area is 238 Å². The fourth-order valence-electron chi connectivity index (χ4n) is 3.98. The molecule has 1 atom stereocenters. The van der Waals surface area contributed by atoms with Crippen LogP contribution in [0.2, 0.25) is 10.0 Å². The third kappa shape index (κ3) is 5.80. The molecule has 2 heterocycles. The van der Waals surface area contributed by atoms with Crippen LogP contribution in [0.4, 0.5) is 5.69 Å². The summed E-state index contributed by atoms with van der Waals surface area (Å²) in [4.78, 5) is 30.8. The number of carbonyl (C=O) groups is 2.